The molecule has 0 radical (unpaired) electrons. The van der Waals surface area contributed by atoms with Crippen LogP contribution in [0.2, 0.25) is 4.34 Å². The Kier molecular flexibility index (Phi) is 3.91. The fraction of sp³-hybridized carbons (Fsp3) is 0.143. The number of amides is 3. The van der Waals surface area contributed by atoms with Gasteiger partial charge in [0.2, 0.25) is 0 Å². The van der Waals surface area contributed by atoms with Gasteiger partial charge in [-0.15, -0.1) is 11.3 Å². The smallest absolute Gasteiger partial charge is 0.280 e. The molecule has 1 aliphatic heterocycles. The lowest BCUT2D eigenvalue weighted by Gasteiger charge is -2.13. The number of carbonyl (C=O) groups is 3. The summed E-state index contributed by atoms with van der Waals surface area (Å²) in [5, 5.41) is 2.65. The van der Waals surface area contributed by atoms with Crippen molar-refractivity contribution >= 4 is 40.7 Å². The summed E-state index contributed by atoms with van der Waals surface area (Å²) in [6.45, 7) is 0.263. The molecule has 0 bridgehead atoms. The average molecular weight is 336 g/mol. The van der Waals surface area contributed by atoms with Crippen LogP contribution < -0.4 is 5.32 Å². The number of thiophene rings is 1. The average Bonchev–Trinajstić information content (AvgIpc) is 3.05. The van der Waals surface area contributed by atoms with Gasteiger partial charge >= 0.3 is 0 Å². The molecule has 2 aromatic rings. The summed E-state index contributed by atoms with van der Waals surface area (Å²) < 4.78 is 0.525. The van der Waals surface area contributed by atoms with E-state index in [1.807, 2.05) is 0 Å². The van der Waals surface area contributed by atoms with Crippen molar-refractivity contribution in [3.8, 4) is 0 Å². The van der Waals surface area contributed by atoms with Gasteiger partial charge in [0.25, 0.3) is 17.7 Å². The Morgan fingerprint density at radius 2 is 2.09 bits per heavy atom. The lowest BCUT2D eigenvalue weighted by Crippen LogP contribution is -2.38. The van der Waals surface area contributed by atoms with Crippen molar-refractivity contribution < 1.29 is 14.4 Å². The summed E-state index contributed by atoms with van der Waals surface area (Å²) in [5.41, 5.74) is 0.452. The van der Waals surface area contributed by atoms with Crippen molar-refractivity contribution in [2.24, 2.45) is 0 Å². The van der Waals surface area contributed by atoms with Crippen LogP contribution in [0.25, 0.3) is 0 Å². The van der Waals surface area contributed by atoms with Crippen LogP contribution in [0.4, 0.5) is 0 Å². The Balaban J connectivity index is 1.60. The second-order valence-electron chi connectivity index (χ2n) is 4.52. The predicted molar refractivity (Wildman–Crippen MR) is 81.3 cm³/mol. The minimum Gasteiger partial charge on any atom is -0.350 e. The number of fused-ring (bicyclic) bond motifs is 1. The van der Waals surface area contributed by atoms with Gasteiger partial charge in [-0.05, 0) is 24.3 Å². The Bertz CT molecular complexity index is 739. The molecule has 0 fully saturated rings. The first kappa shape index (κ1) is 14.7. The minimum absolute atomic E-state index is 0.0961. The molecule has 3 amide bonds. The molecule has 3 heterocycles. The largest absolute Gasteiger partial charge is 0.350 e. The Morgan fingerprint density at radius 3 is 2.77 bits per heavy atom. The van der Waals surface area contributed by atoms with Crippen molar-refractivity contribution in [3.05, 3.63) is 50.9 Å². The molecule has 1 aliphatic rings. The molecule has 22 heavy (non-hydrogen) atoms. The fourth-order valence-corrected chi connectivity index (χ4v) is 3.08. The highest BCUT2D eigenvalue weighted by Crippen LogP contribution is 2.21. The van der Waals surface area contributed by atoms with Gasteiger partial charge in [0.1, 0.15) is 5.69 Å². The van der Waals surface area contributed by atoms with E-state index in [-0.39, 0.29) is 30.6 Å². The number of nitrogens with zero attached hydrogens (tertiary/aromatic N) is 2. The summed E-state index contributed by atoms with van der Waals surface area (Å²) in [7, 11) is 0. The van der Waals surface area contributed by atoms with Crippen LogP contribution in [0.1, 0.15) is 30.5 Å². The molecule has 112 valence electrons. The first-order chi connectivity index (χ1) is 10.6. The van der Waals surface area contributed by atoms with Crippen molar-refractivity contribution in [2.45, 2.75) is 0 Å². The number of imide groups is 1. The van der Waals surface area contributed by atoms with E-state index in [1.54, 1.807) is 24.3 Å². The van der Waals surface area contributed by atoms with E-state index in [0.29, 0.717) is 14.8 Å². The SMILES string of the molecule is O=C(NCCN1C(=O)c2cccnc2C1=O)c1ccc(Cl)s1. The number of aromatic nitrogens is 1. The number of carbonyl (C=O) groups excluding carboxylic acids is 3. The van der Waals surface area contributed by atoms with Crippen LogP contribution in [-0.2, 0) is 0 Å². The zero-order chi connectivity index (χ0) is 15.7. The number of hydrogen-bond donors (Lipinski definition) is 1. The third-order valence-corrected chi connectivity index (χ3v) is 4.38. The zero-order valence-corrected chi connectivity index (χ0v) is 12.8. The molecule has 8 heteroatoms. The molecular formula is C14H10ClN3O3S. The maximum absolute atomic E-state index is 12.1. The highest BCUT2D eigenvalue weighted by atomic mass is 35.5. The summed E-state index contributed by atoms with van der Waals surface area (Å²) in [4.78, 5) is 41.5. The monoisotopic (exact) mass is 335 g/mol. The first-order valence-corrected chi connectivity index (χ1v) is 7.62. The third kappa shape index (κ3) is 2.60. The molecule has 0 saturated heterocycles. The number of rotatable bonds is 4. The number of hydrogen-bond acceptors (Lipinski definition) is 5. The summed E-state index contributed by atoms with van der Waals surface area (Å²) in [5.74, 6) is -1.11. The second-order valence-corrected chi connectivity index (χ2v) is 6.24. The molecular weight excluding hydrogens is 326 g/mol. The van der Waals surface area contributed by atoms with E-state index in [0.717, 1.165) is 4.90 Å². The maximum Gasteiger partial charge on any atom is 0.280 e. The van der Waals surface area contributed by atoms with E-state index in [4.69, 9.17) is 11.6 Å². The van der Waals surface area contributed by atoms with Crippen molar-refractivity contribution in [3.63, 3.8) is 0 Å². The van der Waals surface area contributed by atoms with Gasteiger partial charge in [-0.25, -0.2) is 0 Å². The lowest BCUT2D eigenvalue weighted by atomic mass is 10.2. The van der Waals surface area contributed by atoms with E-state index in [1.165, 1.54) is 17.5 Å². The normalized spacial score (nSPS) is 13.4. The summed E-state index contributed by atoms with van der Waals surface area (Å²) in [6.07, 6.45) is 1.47. The van der Waals surface area contributed by atoms with Crippen molar-refractivity contribution in [1.82, 2.24) is 15.2 Å². The summed E-state index contributed by atoms with van der Waals surface area (Å²) >= 11 is 6.93. The fourth-order valence-electron chi connectivity index (χ4n) is 2.12. The van der Waals surface area contributed by atoms with Gasteiger partial charge < -0.3 is 5.32 Å². The Hall–Kier alpha value is -2.25. The van der Waals surface area contributed by atoms with Gasteiger partial charge in [-0.2, -0.15) is 0 Å². The van der Waals surface area contributed by atoms with Gasteiger partial charge in [0.15, 0.2) is 0 Å². The van der Waals surface area contributed by atoms with E-state index >= 15 is 0 Å². The minimum atomic E-state index is -0.436. The van der Waals surface area contributed by atoms with Gasteiger partial charge in [0, 0.05) is 19.3 Å². The number of nitrogens with one attached hydrogen (secondary N) is 1. The second kappa shape index (κ2) is 5.86. The van der Waals surface area contributed by atoms with E-state index in [9.17, 15) is 14.4 Å². The standard InChI is InChI=1S/C14H10ClN3O3S/c15-10-4-3-9(22-10)12(19)17-6-7-18-13(20)8-2-1-5-16-11(8)14(18)21/h1-5H,6-7H2,(H,17,19). The molecule has 0 aromatic carbocycles. The molecule has 0 spiro atoms. The van der Waals surface area contributed by atoms with Crippen molar-refractivity contribution in [2.75, 3.05) is 13.1 Å². The quantitative estimate of drug-likeness (QED) is 0.864. The van der Waals surface area contributed by atoms with Crippen LogP contribution in [0.5, 0.6) is 0 Å². The number of pyridine rings is 1. The van der Waals surface area contributed by atoms with Crippen LogP contribution >= 0.6 is 22.9 Å². The lowest BCUT2D eigenvalue weighted by molar-refractivity contribution is 0.0648. The van der Waals surface area contributed by atoms with Crippen LogP contribution in [0.3, 0.4) is 0 Å². The molecule has 0 aliphatic carbocycles. The zero-order valence-electron chi connectivity index (χ0n) is 11.2. The Morgan fingerprint density at radius 1 is 1.27 bits per heavy atom. The number of halogens is 1. The molecule has 0 saturated carbocycles. The molecule has 6 nitrogen and oxygen atoms in total. The molecule has 3 rings (SSSR count). The first-order valence-electron chi connectivity index (χ1n) is 6.42. The highest BCUT2D eigenvalue weighted by Gasteiger charge is 2.36. The van der Waals surface area contributed by atoms with Crippen LogP contribution in [-0.4, -0.2) is 40.7 Å². The van der Waals surface area contributed by atoms with Gasteiger partial charge in [-0.3, -0.25) is 24.3 Å². The van der Waals surface area contributed by atoms with Gasteiger partial charge in [-0.1, -0.05) is 11.6 Å². The van der Waals surface area contributed by atoms with Crippen molar-refractivity contribution in [1.29, 1.82) is 0 Å². The van der Waals surface area contributed by atoms with Crippen LogP contribution in [0.15, 0.2) is 30.5 Å². The van der Waals surface area contributed by atoms with Gasteiger partial charge in [0.05, 0.1) is 14.8 Å². The van der Waals surface area contributed by atoms with E-state index in [2.05, 4.69) is 10.3 Å². The highest BCUT2D eigenvalue weighted by molar-refractivity contribution is 7.17. The maximum atomic E-state index is 12.1. The molecule has 1 N–H and O–H groups in total. The Labute approximate surface area is 134 Å². The summed E-state index contributed by atoms with van der Waals surface area (Å²) in [6, 6.07) is 6.43. The van der Waals surface area contributed by atoms with E-state index < -0.39 is 5.91 Å². The molecule has 0 atom stereocenters. The predicted octanol–water partition coefficient (Wildman–Crippen LogP) is 1.82. The topological polar surface area (TPSA) is 79.4 Å². The molecule has 0 unspecified atom stereocenters. The third-order valence-electron chi connectivity index (χ3n) is 3.15. The van der Waals surface area contributed by atoms with Crippen LogP contribution in [0, 0.1) is 0 Å². The molecule has 2 aromatic heterocycles.